The van der Waals surface area contributed by atoms with Crippen LogP contribution in [0.1, 0.15) is 9.67 Å². The monoisotopic (exact) mass is 172 g/mol. The van der Waals surface area contributed by atoms with Crippen molar-refractivity contribution in [2.75, 3.05) is 14.2 Å². The molecule has 0 bridgehead atoms. The normalized spacial score (nSPS) is 9.27. The van der Waals surface area contributed by atoms with E-state index in [0.717, 1.165) is 6.29 Å². The van der Waals surface area contributed by atoms with E-state index in [4.69, 9.17) is 9.47 Å². The van der Waals surface area contributed by atoms with Gasteiger partial charge in [0.05, 0.1) is 14.2 Å². The van der Waals surface area contributed by atoms with Gasteiger partial charge in [0.2, 0.25) is 0 Å². The van der Waals surface area contributed by atoms with E-state index in [9.17, 15) is 4.79 Å². The van der Waals surface area contributed by atoms with Crippen molar-refractivity contribution < 1.29 is 14.3 Å². The van der Waals surface area contributed by atoms with Gasteiger partial charge in [0.1, 0.15) is 4.88 Å². The summed E-state index contributed by atoms with van der Waals surface area (Å²) >= 11 is 1.31. The second-order valence-electron chi connectivity index (χ2n) is 1.82. The standard InChI is InChI=1S/C7H8O3S/c1-9-5-4-11-6(3-8)7(5)10-2/h3-4H,1-2H3. The number of rotatable bonds is 3. The number of carbonyl (C=O) groups excluding carboxylic acids is 1. The van der Waals surface area contributed by atoms with Crippen LogP contribution < -0.4 is 9.47 Å². The average molecular weight is 172 g/mol. The Kier molecular flexibility index (Phi) is 2.48. The molecule has 0 saturated carbocycles. The van der Waals surface area contributed by atoms with Crippen LogP contribution in [0.25, 0.3) is 0 Å². The number of methoxy groups -OCH3 is 2. The summed E-state index contributed by atoms with van der Waals surface area (Å²) in [5, 5.41) is 1.74. The van der Waals surface area contributed by atoms with E-state index >= 15 is 0 Å². The van der Waals surface area contributed by atoms with E-state index in [2.05, 4.69) is 0 Å². The average Bonchev–Trinajstić information content (AvgIpc) is 2.45. The van der Waals surface area contributed by atoms with Crippen molar-refractivity contribution in [3.05, 3.63) is 10.3 Å². The highest BCUT2D eigenvalue weighted by Crippen LogP contribution is 2.35. The van der Waals surface area contributed by atoms with Gasteiger partial charge in [-0.15, -0.1) is 11.3 Å². The lowest BCUT2D eigenvalue weighted by molar-refractivity contribution is 0.112. The van der Waals surface area contributed by atoms with Crippen LogP contribution in [0.3, 0.4) is 0 Å². The van der Waals surface area contributed by atoms with Crippen LogP contribution in [0.4, 0.5) is 0 Å². The van der Waals surface area contributed by atoms with Crippen molar-refractivity contribution in [3.63, 3.8) is 0 Å². The molecule has 60 valence electrons. The number of ether oxygens (including phenoxy) is 2. The number of aldehydes is 1. The molecular formula is C7H8O3S. The Labute approximate surface area is 68.6 Å². The minimum Gasteiger partial charge on any atom is -0.492 e. The third kappa shape index (κ3) is 1.35. The maximum absolute atomic E-state index is 10.4. The fourth-order valence-electron chi connectivity index (χ4n) is 0.769. The fraction of sp³-hybridized carbons (Fsp3) is 0.286. The molecular weight excluding hydrogens is 164 g/mol. The molecule has 11 heavy (non-hydrogen) atoms. The van der Waals surface area contributed by atoms with Gasteiger partial charge in [0, 0.05) is 5.38 Å². The minimum atomic E-state index is 0.521. The first-order valence-corrected chi connectivity index (χ1v) is 3.86. The molecule has 0 N–H and O–H groups in total. The molecule has 0 aliphatic heterocycles. The van der Waals surface area contributed by atoms with Gasteiger partial charge in [-0.3, -0.25) is 4.79 Å². The molecule has 0 radical (unpaired) electrons. The number of hydrogen-bond acceptors (Lipinski definition) is 4. The maximum Gasteiger partial charge on any atom is 0.182 e. The van der Waals surface area contributed by atoms with E-state index in [0.29, 0.717) is 16.4 Å². The van der Waals surface area contributed by atoms with Crippen molar-refractivity contribution in [2.24, 2.45) is 0 Å². The molecule has 0 unspecified atom stereocenters. The van der Waals surface area contributed by atoms with Crippen molar-refractivity contribution in [1.82, 2.24) is 0 Å². The third-order valence-corrected chi connectivity index (χ3v) is 2.14. The highest BCUT2D eigenvalue weighted by atomic mass is 32.1. The number of thiophene rings is 1. The molecule has 0 atom stereocenters. The maximum atomic E-state index is 10.4. The molecule has 0 saturated heterocycles. The summed E-state index contributed by atoms with van der Waals surface area (Å²) in [4.78, 5) is 10.9. The molecule has 0 spiro atoms. The Morgan fingerprint density at radius 3 is 2.64 bits per heavy atom. The molecule has 0 amide bonds. The summed E-state index contributed by atoms with van der Waals surface area (Å²) in [6.45, 7) is 0. The molecule has 1 aromatic heterocycles. The van der Waals surface area contributed by atoms with Crippen LogP contribution in [-0.4, -0.2) is 20.5 Å². The molecule has 1 aromatic rings. The highest BCUT2D eigenvalue weighted by molar-refractivity contribution is 7.12. The van der Waals surface area contributed by atoms with Gasteiger partial charge in [-0.25, -0.2) is 0 Å². The quantitative estimate of drug-likeness (QED) is 0.649. The van der Waals surface area contributed by atoms with Gasteiger partial charge in [-0.1, -0.05) is 0 Å². The largest absolute Gasteiger partial charge is 0.492 e. The third-order valence-electron chi connectivity index (χ3n) is 1.27. The number of hydrogen-bond donors (Lipinski definition) is 0. The zero-order valence-corrected chi connectivity index (χ0v) is 7.10. The fourth-order valence-corrected chi connectivity index (χ4v) is 1.55. The summed E-state index contributed by atoms with van der Waals surface area (Å²) < 4.78 is 9.90. The molecule has 0 aromatic carbocycles. The van der Waals surface area contributed by atoms with E-state index < -0.39 is 0 Å². The van der Waals surface area contributed by atoms with Crippen LogP contribution in [-0.2, 0) is 0 Å². The second-order valence-corrected chi connectivity index (χ2v) is 2.73. The molecule has 1 heterocycles. The van der Waals surface area contributed by atoms with E-state index in [1.165, 1.54) is 18.4 Å². The lowest BCUT2D eigenvalue weighted by Crippen LogP contribution is -1.88. The Bertz CT molecular complexity index is 254. The summed E-state index contributed by atoms with van der Waals surface area (Å²) in [5.41, 5.74) is 0. The minimum absolute atomic E-state index is 0.521. The zero-order valence-electron chi connectivity index (χ0n) is 6.29. The van der Waals surface area contributed by atoms with Crippen molar-refractivity contribution >= 4 is 17.6 Å². The number of carbonyl (C=O) groups is 1. The lowest BCUT2D eigenvalue weighted by Gasteiger charge is -2.00. The van der Waals surface area contributed by atoms with E-state index in [1.54, 1.807) is 12.5 Å². The summed E-state index contributed by atoms with van der Waals surface area (Å²) in [6.07, 6.45) is 0.756. The Morgan fingerprint density at radius 1 is 1.45 bits per heavy atom. The van der Waals surface area contributed by atoms with Crippen molar-refractivity contribution in [3.8, 4) is 11.5 Å². The predicted molar refractivity (Wildman–Crippen MR) is 42.8 cm³/mol. The van der Waals surface area contributed by atoms with Gasteiger partial charge >= 0.3 is 0 Å². The smallest absolute Gasteiger partial charge is 0.182 e. The molecule has 0 aliphatic rings. The summed E-state index contributed by atoms with van der Waals surface area (Å²) in [7, 11) is 3.05. The predicted octanol–water partition coefficient (Wildman–Crippen LogP) is 1.58. The Hall–Kier alpha value is -1.03. The zero-order chi connectivity index (χ0) is 8.27. The van der Waals surface area contributed by atoms with Crippen molar-refractivity contribution in [1.29, 1.82) is 0 Å². The van der Waals surface area contributed by atoms with Gasteiger partial charge in [-0.2, -0.15) is 0 Å². The highest BCUT2D eigenvalue weighted by Gasteiger charge is 2.10. The molecule has 0 aliphatic carbocycles. The summed E-state index contributed by atoms with van der Waals surface area (Å²) in [5.74, 6) is 1.13. The second kappa shape index (κ2) is 3.39. The SMILES string of the molecule is COc1csc(C=O)c1OC. The van der Waals surface area contributed by atoms with Crippen LogP contribution in [0.5, 0.6) is 11.5 Å². The molecule has 3 nitrogen and oxygen atoms in total. The first kappa shape index (κ1) is 8.07. The first-order valence-electron chi connectivity index (χ1n) is 2.98. The van der Waals surface area contributed by atoms with Crippen LogP contribution in [0.2, 0.25) is 0 Å². The Balaban J connectivity index is 3.08. The van der Waals surface area contributed by atoms with E-state index in [1.807, 2.05) is 0 Å². The van der Waals surface area contributed by atoms with Crippen molar-refractivity contribution in [2.45, 2.75) is 0 Å². The van der Waals surface area contributed by atoms with Gasteiger partial charge in [0.15, 0.2) is 17.8 Å². The first-order chi connectivity index (χ1) is 5.33. The molecule has 1 rings (SSSR count). The Morgan fingerprint density at radius 2 is 2.18 bits per heavy atom. The van der Waals surface area contributed by atoms with Crippen LogP contribution in [0.15, 0.2) is 5.38 Å². The van der Waals surface area contributed by atoms with Gasteiger partial charge in [-0.05, 0) is 0 Å². The topological polar surface area (TPSA) is 35.5 Å². The van der Waals surface area contributed by atoms with Crippen LogP contribution in [0, 0.1) is 0 Å². The van der Waals surface area contributed by atoms with Gasteiger partial charge in [0.25, 0.3) is 0 Å². The van der Waals surface area contributed by atoms with Gasteiger partial charge < -0.3 is 9.47 Å². The summed E-state index contributed by atoms with van der Waals surface area (Å²) in [6, 6.07) is 0. The molecule has 4 heteroatoms. The molecule has 0 fully saturated rings. The lowest BCUT2D eigenvalue weighted by atomic mass is 10.4. The van der Waals surface area contributed by atoms with E-state index in [-0.39, 0.29) is 0 Å². The van der Waals surface area contributed by atoms with Crippen LogP contribution >= 0.6 is 11.3 Å².